The molecule has 1 aliphatic heterocycles. The molecule has 4 rings (SSSR count). The summed E-state index contributed by atoms with van der Waals surface area (Å²) in [6.45, 7) is 1.15. The molecule has 3 aromatic rings. The normalized spacial score (nSPS) is 16.6. The Morgan fingerprint density at radius 2 is 1.86 bits per heavy atom. The lowest BCUT2D eigenvalue weighted by Crippen LogP contribution is -2.39. The highest BCUT2D eigenvalue weighted by atomic mass is 19.1. The molecule has 3 heterocycles. The van der Waals surface area contributed by atoms with Crippen molar-refractivity contribution < 1.29 is 13.9 Å². The molecule has 0 bridgehead atoms. The Hall–Kier alpha value is -3.35. The number of ether oxygens (including phenoxy) is 1. The summed E-state index contributed by atoms with van der Waals surface area (Å²) in [7, 11) is 0. The molecule has 1 fully saturated rings. The van der Waals surface area contributed by atoms with E-state index in [0.29, 0.717) is 24.5 Å². The topological polar surface area (TPSA) is 68.2 Å². The van der Waals surface area contributed by atoms with E-state index in [-0.39, 0.29) is 23.5 Å². The number of pyridine rings is 1. The average Bonchev–Trinajstić information content (AvgIpc) is 2.76. The van der Waals surface area contributed by atoms with Crippen molar-refractivity contribution in [2.24, 2.45) is 0 Å². The third-order valence-electron chi connectivity index (χ3n) is 4.71. The summed E-state index contributed by atoms with van der Waals surface area (Å²) in [4.78, 5) is 27.4. The maximum atomic E-state index is 14.0. The van der Waals surface area contributed by atoms with Crippen molar-refractivity contribution in [3.05, 3.63) is 78.3 Å². The number of nitrogens with zero attached hydrogens (tertiary/aromatic N) is 4. The van der Waals surface area contributed by atoms with E-state index in [1.165, 1.54) is 12.3 Å². The van der Waals surface area contributed by atoms with E-state index in [2.05, 4.69) is 15.0 Å². The van der Waals surface area contributed by atoms with Gasteiger partial charge >= 0.3 is 0 Å². The van der Waals surface area contributed by atoms with Crippen LogP contribution in [-0.2, 0) is 0 Å². The molecule has 2 aromatic heterocycles. The molecule has 7 heteroatoms. The second kappa shape index (κ2) is 8.12. The van der Waals surface area contributed by atoms with Crippen LogP contribution in [0.1, 0.15) is 34.9 Å². The van der Waals surface area contributed by atoms with Crippen molar-refractivity contribution in [3.63, 3.8) is 0 Å². The maximum absolute atomic E-state index is 14.0. The maximum Gasteiger partial charge on any atom is 0.272 e. The lowest BCUT2D eigenvalue weighted by atomic mass is 9.94. The summed E-state index contributed by atoms with van der Waals surface area (Å²) in [6.07, 6.45) is 6.39. The second-order valence-corrected chi connectivity index (χ2v) is 6.58. The molecule has 0 aliphatic carbocycles. The van der Waals surface area contributed by atoms with Crippen LogP contribution in [0, 0.1) is 5.82 Å². The third kappa shape index (κ3) is 3.83. The molecule has 1 aliphatic rings. The molecule has 1 atom stereocenters. The van der Waals surface area contributed by atoms with Gasteiger partial charge in [-0.25, -0.2) is 9.37 Å². The molecule has 28 heavy (non-hydrogen) atoms. The third-order valence-corrected chi connectivity index (χ3v) is 4.71. The number of piperidine rings is 1. The van der Waals surface area contributed by atoms with E-state index in [9.17, 15) is 9.18 Å². The number of carbonyl (C=O) groups is 1. The summed E-state index contributed by atoms with van der Waals surface area (Å²) in [5.74, 6) is -0.247. The van der Waals surface area contributed by atoms with Crippen molar-refractivity contribution in [3.8, 4) is 11.6 Å². The Balaban J connectivity index is 1.56. The van der Waals surface area contributed by atoms with Gasteiger partial charge in [-0.05, 0) is 37.1 Å². The first-order chi connectivity index (χ1) is 13.7. The van der Waals surface area contributed by atoms with Crippen molar-refractivity contribution in [1.82, 2.24) is 19.9 Å². The fourth-order valence-electron chi connectivity index (χ4n) is 3.36. The van der Waals surface area contributed by atoms with E-state index >= 15 is 0 Å². The molecule has 6 nitrogen and oxygen atoms in total. The van der Waals surface area contributed by atoms with Gasteiger partial charge in [-0.15, -0.1) is 0 Å². The summed E-state index contributed by atoms with van der Waals surface area (Å²) >= 11 is 0. The van der Waals surface area contributed by atoms with Gasteiger partial charge in [0.05, 0.1) is 0 Å². The zero-order valence-corrected chi connectivity index (χ0v) is 15.2. The predicted octanol–water partition coefficient (Wildman–Crippen LogP) is 3.82. The highest BCUT2D eigenvalue weighted by Crippen LogP contribution is 2.33. The predicted molar refractivity (Wildman–Crippen MR) is 101 cm³/mol. The van der Waals surface area contributed by atoms with Crippen LogP contribution in [0.2, 0.25) is 0 Å². The quantitative estimate of drug-likeness (QED) is 0.690. The van der Waals surface area contributed by atoms with Gasteiger partial charge in [0.25, 0.3) is 5.91 Å². The van der Waals surface area contributed by atoms with Gasteiger partial charge in [-0.3, -0.25) is 14.8 Å². The molecule has 0 radical (unpaired) electrons. The lowest BCUT2D eigenvalue weighted by molar-refractivity contribution is 0.0699. The first kappa shape index (κ1) is 18.0. The van der Waals surface area contributed by atoms with Crippen molar-refractivity contribution in [2.45, 2.75) is 18.8 Å². The van der Waals surface area contributed by atoms with E-state index in [4.69, 9.17) is 4.74 Å². The highest BCUT2D eigenvalue weighted by Gasteiger charge is 2.29. The van der Waals surface area contributed by atoms with E-state index < -0.39 is 5.82 Å². The van der Waals surface area contributed by atoms with Crippen molar-refractivity contribution >= 4 is 5.91 Å². The Kier molecular flexibility index (Phi) is 5.23. The first-order valence-electron chi connectivity index (χ1n) is 9.16. The monoisotopic (exact) mass is 378 g/mol. The molecule has 142 valence electrons. The molecular weight excluding hydrogens is 359 g/mol. The summed E-state index contributed by atoms with van der Waals surface area (Å²) in [6, 6.07) is 11.5. The van der Waals surface area contributed by atoms with E-state index in [1.807, 2.05) is 0 Å². The number of hydrogen-bond donors (Lipinski definition) is 0. The SMILES string of the molecule is O=C(c1ccccn1)N1CCCC(c2nccnc2Oc2ccccc2F)C1. The molecular formula is C21H19FN4O2. The first-order valence-corrected chi connectivity index (χ1v) is 9.16. The second-order valence-electron chi connectivity index (χ2n) is 6.58. The molecule has 1 aromatic carbocycles. The van der Waals surface area contributed by atoms with Crippen molar-refractivity contribution in [1.29, 1.82) is 0 Å². The number of halogens is 1. The fourth-order valence-corrected chi connectivity index (χ4v) is 3.36. The Morgan fingerprint density at radius 1 is 1.04 bits per heavy atom. The summed E-state index contributed by atoms with van der Waals surface area (Å²) in [5, 5.41) is 0. The Labute approximate surface area is 162 Å². The van der Waals surface area contributed by atoms with Gasteiger partial charge in [0.1, 0.15) is 11.4 Å². The van der Waals surface area contributed by atoms with Gasteiger partial charge in [0.15, 0.2) is 11.6 Å². The Bertz CT molecular complexity index is 967. The number of benzene rings is 1. The molecule has 0 saturated carbocycles. The highest BCUT2D eigenvalue weighted by molar-refractivity contribution is 5.92. The van der Waals surface area contributed by atoms with Crippen LogP contribution in [-0.4, -0.2) is 38.8 Å². The van der Waals surface area contributed by atoms with Crippen LogP contribution in [0.4, 0.5) is 4.39 Å². The van der Waals surface area contributed by atoms with E-state index in [1.54, 1.807) is 53.7 Å². The summed E-state index contributed by atoms with van der Waals surface area (Å²) < 4.78 is 19.7. The van der Waals surface area contributed by atoms with Gasteiger partial charge in [0, 0.05) is 37.6 Å². The number of carbonyl (C=O) groups excluding carboxylic acids is 1. The minimum atomic E-state index is -0.463. The lowest BCUT2D eigenvalue weighted by Gasteiger charge is -2.32. The largest absolute Gasteiger partial charge is 0.434 e. The van der Waals surface area contributed by atoms with Crippen LogP contribution in [0.25, 0.3) is 0 Å². The minimum absolute atomic E-state index is 0.0446. The standard InChI is InChI=1S/C21H19FN4O2/c22-16-7-1-2-9-18(16)28-20-19(24-11-12-25-20)15-6-5-13-26(14-15)21(27)17-8-3-4-10-23-17/h1-4,7-12,15H,5-6,13-14H2. The van der Waals surface area contributed by atoms with E-state index in [0.717, 1.165) is 12.8 Å². The van der Waals surface area contributed by atoms with Crippen LogP contribution in [0.15, 0.2) is 61.1 Å². The number of likely N-dealkylation sites (tertiary alicyclic amines) is 1. The number of para-hydroxylation sites is 1. The average molecular weight is 378 g/mol. The van der Waals surface area contributed by atoms with Crippen LogP contribution in [0.3, 0.4) is 0 Å². The van der Waals surface area contributed by atoms with Gasteiger partial charge in [0.2, 0.25) is 5.88 Å². The van der Waals surface area contributed by atoms with Crippen LogP contribution < -0.4 is 4.74 Å². The van der Waals surface area contributed by atoms with Gasteiger partial charge in [-0.2, -0.15) is 0 Å². The fraction of sp³-hybridized carbons (Fsp3) is 0.238. The molecule has 1 saturated heterocycles. The number of aromatic nitrogens is 3. The van der Waals surface area contributed by atoms with Crippen molar-refractivity contribution in [2.75, 3.05) is 13.1 Å². The van der Waals surface area contributed by atoms with Crippen LogP contribution >= 0.6 is 0 Å². The molecule has 0 N–H and O–H groups in total. The zero-order chi connectivity index (χ0) is 19.3. The van der Waals surface area contributed by atoms with Gasteiger partial charge < -0.3 is 9.64 Å². The van der Waals surface area contributed by atoms with Crippen LogP contribution in [0.5, 0.6) is 11.6 Å². The smallest absolute Gasteiger partial charge is 0.272 e. The number of rotatable bonds is 4. The minimum Gasteiger partial charge on any atom is -0.434 e. The zero-order valence-electron chi connectivity index (χ0n) is 15.2. The number of amides is 1. The Morgan fingerprint density at radius 3 is 2.68 bits per heavy atom. The summed E-state index contributed by atoms with van der Waals surface area (Å²) in [5.41, 5.74) is 1.05. The van der Waals surface area contributed by atoms with Gasteiger partial charge in [-0.1, -0.05) is 18.2 Å². The molecule has 1 amide bonds. The molecule has 0 spiro atoms. The molecule has 1 unspecified atom stereocenters. The number of hydrogen-bond acceptors (Lipinski definition) is 5.